The highest BCUT2D eigenvalue weighted by Crippen LogP contribution is 2.55. The van der Waals surface area contributed by atoms with Gasteiger partial charge in [-0.3, -0.25) is 0 Å². The predicted octanol–water partition coefficient (Wildman–Crippen LogP) is 15.5. The van der Waals surface area contributed by atoms with Crippen LogP contribution in [-0.4, -0.2) is 11.4 Å². The fourth-order valence-electron chi connectivity index (χ4n) is 12.5. The number of para-hydroxylation sites is 1. The van der Waals surface area contributed by atoms with Gasteiger partial charge in [-0.1, -0.05) is 130 Å². The molecule has 3 aliphatic rings. The van der Waals surface area contributed by atoms with Crippen molar-refractivity contribution in [2.24, 2.45) is 0 Å². The normalized spacial score (nSPS) is 16.4. The predicted molar refractivity (Wildman–Crippen MR) is 277 cm³/mol. The van der Waals surface area contributed by atoms with Crippen LogP contribution in [0.5, 0.6) is 0 Å². The number of furan rings is 1. The number of thiophene rings is 1. The van der Waals surface area contributed by atoms with Gasteiger partial charge in [-0.25, -0.2) is 0 Å². The highest BCUT2D eigenvalue weighted by molar-refractivity contribution is 7.26. The molecule has 0 atom stereocenters. The summed E-state index contributed by atoms with van der Waals surface area (Å²) in [6, 6.07) is 42.4. The Morgan fingerprint density at radius 1 is 0.609 bits per heavy atom. The van der Waals surface area contributed by atoms with Gasteiger partial charge in [-0.2, -0.15) is 0 Å². The van der Waals surface area contributed by atoms with Crippen LogP contribution in [0.15, 0.2) is 114 Å². The number of nitrogens with zero attached hydrogens (tertiary/aromatic N) is 2. The molecular weight excluding hydrogens is 796 g/mol. The van der Waals surface area contributed by atoms with Crippen LogP contribution in [0.1, 0.15) is 110 Å². The fourth-order valence-corrected chi connectivity index (χ4v) is 13.6. The lowest BCUT2D eigenvalue weighted by Crippen LogP contribution is -2.61. The van der Waals surface area contributed by atoms with Crippen molar-refractivity contribution in [2.45, 2.75) is 111 Å². The molecule has 7 aromatic carbocycles. The molecule has 5 heteroatoms. The molecule has 64 heavy (non-hydrogen) atoms. The average molecular weight is 851 g/mol. The monoisotopic (exact) mass is 850 g/mol. The van der Waals surface area contributed by atoms with Crippen molar-refractivity contribution in [2.75, 3.05) is 4.81 Å². The molecule has 0 unspecified atom stereocenters. The number of hydrogen-bond acceptors (Lipinski definition) is 3. The minimum atomic E-state index is -0.125. The van der Waals surface area contributed by atoms with Gasteiger partial charge in [0.2, 0.25) is 0 Å². The van der Waals surface area contributed by atoms with Gasteiger partial charge in [0.25, 0.3) is 0 Å². The molecule has 2 aliphatic heterocycles. The van der Waals surface area contributed by atoms with Crippen LogP contribution < -0.4 is 15.7 Å². The van der Waals surface area contributed by atoms with Crippen LogP contribution in [0.4, 0.5) is 11.4 Å². The summed E-state index contributed by atoms with van der Waals surface area (Å²) in [6.07, 6.45) is 2.35. The summed E-state index contributed by atoms with van der Waals surface area (Å²) in [4.78, 5) is 2.84. The van der Waals surface area contributed by atoms with Crippen LogP contribution >= 0.6 is 11.3 Å². The highest BCUT2D eigenvalue weighted by Gasteiger charge is 2.48. The van der Waals surface area contributed by atoms with Crippen LogP contribution in [0, 0.1) is 6.92 Å². The number of benzene rings is 7. The lowest BCUT2D eigenvalue weighted by atomic mass is 9.43. The Morgan fingerprint density at radius 2 is 1.33 bits per heavy atom. The second-order valence-electron chi connectivity index (χ2n) is 22.8. The number of rotatable bonds is 1. The van der Waals surface area contributed by atoms with Gasteiger partial charge in [0.1, 0.15) is 11.2 Å². The molecule has 13 rings (SSSR count). The molecule has 0 saturated carbocycles. The van der Waals surface area contributed by atoms with E-state index >= 15 is 0 Å². The molecule has 3 nitrogen and oxygen atoms in total. The van der Waals surface area contributed by atoms with E-state index in [4.69, 9.17) is 4.42 Å². The average Bonchev–Trinajstić information content (AvgIpc) is 3.93. The second kappa shape index (κ2) is 12.3. The Morgan fingerprint density at radius 3 is 2.11 bits per heavy atom. The van der Waals surface area contributed by atoms with E-state index in [2.05, 4.69) is 195 Å². The maximum atomic E-state index is 6.99. The summed E-state index contributed by atoms with van der Waals surface area (Å²) >= 11 is 1.92. The third kappa shape index (κ3) is 4.94. The van der Waals surface area contributed by atoms with E-state index in [0.29, 0.717) is 0 Å². The summed E-state index contributed by atoms with van der Waals surface area (Å²) in [5.41, 5.74) is 20.8. The van der Waals surface area contributed by atoms with E-state index in [0.717, 1.165) is 16.6 Å². The molecule has 0 amide bonds. The largest absolute Gasteiger partial charge is 0.456 e. The van der Waals surface area contributed by atoms with Crippen molar-refractivity contribution in [3.05, 3.63) is 137 Å². The van der Waals surface area contributed by atoms with Crippen LogP contribution in [-0.2, 0) is 21.7 Å². The SMILES string of the molecule is Cc1c(N2B3c4c(cc5oc6ccccc6c5c4-n4c5ccc(C(C)(C)C)cc5c5cc(C(C)(C)C)cc3c54)-c3ccc4sc5ccccc5c4c32)ccc2c1C(C)(C)CCC2(C)C. The maximum Gasteiger partial charge on any atom is 0.333 e. The zero-order chi connectivity index (χ0) is 44.1. The first kappa shape index (κ1) is 38.7. The van der Waals surface area contributed by atoms with Crippen molar-refractivity contribution in [3.8, 4) is 16.8 Å². The highest BCUT2D eigenvalue weighted by atomic mass is 32.1. The van der Waals surface area contributed by atoms with Gasteiger partial charge in [-0.05, 0) is 134 Å². The van der Waals surface area contributed by atoms with Crippen molar-refractivity contribution < 1.29 is 4.42 Å². The van der Waals surface area contributed by atoms with Gasteiger partial charge in [-0.15, -0.1) is 11.3 Å². The smallest absolute Gasteiger partial charge is 0.333 e. The zero-order valence-corrected chi connectivity index (χ0v) is 39.9. The van der Waals surface area contributed by atoms with Crippen LogP contribution in [0.2, 0.25) is 0 Å². The fraction of sp³-hybridized carbons (Fsp3) is 0.288. The van der Waals surface area contributed by atoms with Crippen LogP contribution in [0.3, 0.4) is 0 Å². The Bertz CT molecular complexity index is 3730. The topological polar surface area (TPSA) is 21.3 Å². The molecule has 10 aromatic rings. The third-order valence-electron chi connectivity index (χ3n) is 15.9. The van der Waals surface area contributed by atoms with Crippen molar-refractivity contribution in [1.82, 2.24) is 4.57 Å². The van der Waals surface area contributed by atoms with Crippen LogP contribution in [0.25, 0.3) is 80.7 Å². The van der Waals surface area contributed by atoms with Gasteiger partial charge in [0.05, 0.1) is 22.1 Å². The molecule has 3 aromatic heterocycles. The van der Waals surface area contributed by atoms with Gasteiger partial charge in [0.15, 0.2) is 0 Å². The third-order valence-corrected chi connectivity index (χ3v) is 17.0. The minimum absolute atomic E-state index is 0.00272. The first-order chi connectivity index (χ1) is 30.4. The molecule has 0 spiro atoms. The van der Waals surface area contributed by atoms with E-state index in [9.17, 15) is 0 Å². The number of anilines is 2. The lowest BCUT2D eigenvalue weighted by Gasteiger charge is -2.46. The molecule has 0 saturated heterocycles. The Kier molecular flexibility index (Phi) is 7.44. The summed E-state index contributed by atoms with van der Waals surface area (Å²) in [5.74, 6) is 0. The molecular formula is C59H55BN2OS. The second-order valence-corrected chi connectivity index (χ2v) is 23.9. The Labute approximate surface area is 380 Å². The minimum Gasteiger partial charge on any atom is -0.456 e. The Balaban J connectivity index is 1.29. The van der Waals surface area contributed by atoms with Crippen molar-refractivity contribution in [1.29, 1.82) is 0 Å². The Hall–Kier alpha value is -5.78. The summed E-state index contributed by atoms with van der Waals surface area (Å²) in [6.45, 7) is 26.4. The molecule has 1 aliphatic carbocycles. The molecule has 316 valence electrons. The standard InChI is InChI=1S/C59H55BN2OS/c1-32-43(24-22-41-51(32)59(10,11)27-26-58(41,8)9)62-54-35(21-25-48-50(54)37-17-13-15-19-47(37)64-48)39-31-46-49(36-16-12-14-18-45(36)63-46)55-52(39)60(62)42-30-34(57(5,6)7)29-40-38-28-33(56(2,3)4)20-23-44(38)61(55)53(40)42/h12-25,28-31H,26-27H2,1-11H3. The summed E-state index contributed by atoms with van der Waals surface area (Å²) in [5, 5.41) is 7.67. The number of fused-ring (bicyclic) bond motifs is 16. The van der Waals surface area contributed by atoms with E-state index < -0.39 is 0 Å². The first-order valence-electron chi connectivity index (χ1n) is 23.4. The van der Waals surface area contributed by atoms with E-state index in [-0.39, 0.29) is 28.5 Å². The van der Waals surface area contributed by atoms with Gasteiger partial charge >= 0.3 is 6.85 Å². The molecule has 0 N–H and O–H groups in total. The van der Waals surface area contributed by atoms with E-state index in [1.807, 2.05) is 11.3 Å². The molecule has 0 bridgehead atoms. The molecule has 0 radical (unpaired) electrons. The lowest BCUT2D eigenvalue weighted by molar-refractivity contribution is 0.330. The van der Waals surface area contributed by atoms with Crippen molar-refractivity contribution >= 4 is 104 Å². The van der Waals surface area contributed by atoms with E-state index in [1.165, 1.54) is 127 Å². The number of hydrogen-bond donors (Lipinski definition) is 0. The maximum absolute atomic E-state index is 6.99. The summed E-state index contributed by atoms with van der Waals surface area (Å²) < 4.78 is 12.3. The summed E-state index contributed by atoms with van der Waals surface area (Å²) in [7, 11) is 0. The van der Waals surface area contributed by atoms with Gasteiger partial charge < -0.3 is 13.8 Å². The number of aromatic nitrogens is 1. The molecule has 0 fully saturated rings. The first-order valence-corrected chi connectivity index (χ1v) is 24.2. The van der Waals surface area contributed by atoms with Crippen molar-refractivity contribution in [3.63, 3.8) is 0 Å². The quantitative estimate of drug-likeness (QED) is 0.153. The van der Waals surface area contributed by atoms with Gasteiger partial charge in [0, 0.05) is 53.3 Å². The molecule has 5 heterocycles. The zero-order valence-electron chi connectivity index (χ0n) is 39.1. The van der Waals surface area contributed by atoms with E-state index in [1.54, 1.807) is 0 Å².